The number of hydrogen-bond acceptors (Lipinski definition) is 10. The van der Waals surface area contributed by atoms with Crippen molar-refractivity contribution in [3.63, 3.8) is 0 Å². The maximum Gasteiger partial charge on any atom is 0.306 e. The third kappa shape index (κ3) is 11.4. The maximum atomic E-state index is 12.2. The lowest BCUT2D eigenvalue weighted by Gasteiger charge is -2.21. The largest absolute Gasteiger partial charge is 0.508 e. The number of ether oxygens (including phenoxy) is 5. The van der Waals surface area contributed by atoms with Gasteiger partial charge in [0.1, 0.15) is 23.7 Å². The van der Waals surface area contributed by atoms with E-state index in [0.29, 0.717) is 25.9 Å². The van der Waals surface area contributed by atoms with Crippen molar-refractivity contribution in [2.75, 3.05) is 13.2 Å². The standard InChI is InChI=1S/C20H26O5.C12H18O4.C8H10O2/c1-4-16-14(11-17-19(16)25-20(2,3)24-17)12-18(22)23-10-9-13-5-7-15(21)8-6-13;1-4-8-7(6-10(13)14)5-9-11(8)16-12(2,3)15-9;9-6-5-7-1-3-8(10)4-2-7/h4-8,14,17,19,21H,9-12H2,1-3H3;4,7,9,11H,5-6H2,1-3H3,(H,13,14);1-4,9-10H,5-6H2/b16-4+;8-4+;/t14-,17+,19-;7-,9+,11-;/m00./s1. The predicted molar refractivity (Wildman–Crippen MR) is 190 cm³/mol. The number of phenols is 2. The Kier molecular flexibility index (Phi) is 13.9. The number of aromatic hydroxyl groups is 2. The molecule has 4 N–H and O–H groups in total. The van der Waals surface area contributed by atoms with Gasteiger partial charge in [-0.15, -0.1) is 0 Å². The summed E-state index contributed by atoms with van der Waals surface area (Å²) in [7, 11) is 0. The quantitative estimate of drug-likeness (QED) is 0.173. The first-order valence-corrected chi connectivity index (χ1v) is 17.7. The summed E-state index contributed by atoms with van der Waals surface area (Å²) in [6, 6.07) is 13.8. The van der Waals surface area contributed by atoms with Gasteiger partial charge in [-0.05, 0) is 119 Å². The average Bonchev–Trinajstić information content (AvgIpc) is 3.72. The normalized spacial score (nSPS) is 28.3. The summed E-state index contributed by atoms with van der Waals surface area (Å²) in [4.78, 5) is 22.9. The van der Waals surface area contributed by atoms with Gasteiger partial charge in [0.05, 0.1) is 31.7 Å². The topological polar surface area (TPSA) is 161 Å². The van der Waals surface area contributed by atoms with Crippen molar-refractivity contribution in [3.8, 4) is 11.5 Å². The molecule has 0 radical (unpaired) electrons. The minimum Gasteiger partial charge on any atom is -0.508 e. The summed E-state index contributed by atoms with van der Waals surface area (Å²) < 4.78 is 28.9. The van der Waals surface area contributed by atoms with Crippen molar-refractivity contribution in [2.45, 2.75) is 116 Å². The number of carboxylic acids is 1. The molecule has 6 atom stereocenters. The Bertz CT molecular complexity index is 1510. The molecule has 11 nitrogen and oxygen atoms in total. The van der Waals surface area contributed by atoms with Gasteiger partial charge < -0.3 is 44.1 Å². The Balaban J connectivity index is 0.000000191. The van der Waals surface area contributed by atoms with Gasteiger partial charge in [-0.2, -0.15) is 0 Å². The van der Waals surface area contributed by atoms with Crippen LogP contribution in [0.5, 0.6) is 11.5 Å². The Morgan fingerprint density at radius 1 is 0.725 bits per heavy atom. The minimum atomic E-state index is -0.761. The lowest BCUT2D eigenvalue weighted by molar-refractivity contribution is -0.152. The summed E-state index contributed by atoms with van der Waals surface area (Å²) in [6.07, 6.45) is 7.32. The van der Waals surface area contributed by atoms with Crippen LogP contribution < -0.4 is 0 Å². The molecule has 0 unspecified atom stereocenters. The van der Waals surface area contributed by atoms with E-state index >= 15 is 0 Å². The number of phenolic OH excluding ortho intramolecular Hbond substituents is 2. The number of hydrogen-bond donors (Lipinski definition) is 4. The number of carboxylic acid groups (broad SMARTS) is 1. The highest BCUT2D eigenvalue weighted by molar-refractivity contribution is 5.70. The molecule has 6 rings (SSSR count). The van der Waals surface area contributed by atoms with Crippen molar-refractivity contribution in [1.29, 1.82) is 0 Å². The van der Waals surface area contributed by atoms with Gasteiger partial charge in [0.2, 0.25) is 0 Å². The molecule has 2 saturated carbocycles. The van der Waals surface area contributed by atoms with Crippen LogP contribution in [0.1, 0.15) is 78.4 Å². The molecule has 0 amide bonds. The summed E-state index contributed by atoms with van der Waals surface area (Å²) in [5.74, 6) is -1.37. The Hall–Kier alpha value is -3.74. The van der Waals surface area contributed by atoms with Gasteiger partial charge in [0.25, 0.3) is 0 Å². The molecular formula is C40H54O11. The third-order valence-corrected chi connectivity index (χ3v) is 9.43. The number of aliphatic carboxylic acids is 1. The molecule has 4 aliphatic rings. The molecule has 0 aromatic heterocycles. The molecule has 2 aromatic carbocycles. The van der Waals surface area contributed by atoms with E-state index in [2.05, 4.69) is 0 Å². The van der Waals surface area contributed by atoms with E-state index in [1.54, 1.807) is 36.4 Å². The van der Waals surface area contributed by atoms with Crippen molar-refractivity contribution in [1.82, 2.24) is 0 Å². The zero-order valence-electron chi connectivity index (χ0n) is 30.5. The average molecular weight is 711 g/mol. The molecule has 2 aliphatic heterocycles. The van der Waals surface area contributed by atoms with Gasteiger partial charge in [0.15, 0.2) is 11.6 Å². The van der Waals surface area contributed by atoms with Crippen molar-refractivity contribution < 1.29 is 53.7 Å². The number of rotatable bonds is 9. The SMILES string of the molecule is C/C=C1\[C@H](CC(=O)O)C[C@H]2OC(C)(C)O[C@@H]12.C/C=C1\[C@H](CC(=O)OCCc2ccc(O)cc2)C[C@H]2OC(C)(C)O[C@@H]12.OCCc1ccc(O)cc1. The summed E-state index contributed by atoms with van der Waals surface area (Å²) in [6.45, 7) is 12.0. The second kappa shape index (κ2) is 17.7. The second-order valence-corrected chi connectivity index (χ2v) is 14.2. The third-order valence-electron chi connectivity index (χ3n) is 9.43. The van der Waals surface area contributed by atoms with Crippen LogP contribution in [-0.2, 0) is 46.1 Å². The van der Waals surface area contributed by atoms with Crippen molar-refractivity contribution in [3.05, 3.63) is 83.0 Å². The zero-order chi connectivity index (χ0) is 37.3. The molecule has 2 aromatic rings. The fraction of sp³-hybridized carbons (Fsp3) is 0.550. The number of carbonyl (C=O) groups is 2. The van der Waals surface area contributed by atoms with Gasteiger partial charge in [-0.25, -0.2) is 0 Å². The number of esters is 1. The molecule has 2 heterocycles. The number of fused-ring (bicyclic) bond motifs is 2. The van der Waals surface area contributed by atoms with Gasteiger partial charge >= 0.3 is 11.9 Å². The molecule has 4 fully saturated rings. The number of aliphatic hydroxyl groups is 1. The highest BCUT2D eigenvalue weighted by Crippen LogP contribution is 2.46. The van der Waals surface area contributed by atoms with Crippen LogP contribution >= 0.6 is 0 Å². The molecule has 2 saturated heterocycles. The van der Waals surface area contributed by atoms with Crippen molar-refractivity contribution in [2.24, 2.45) is 11.8 Å². The Morgan fingerprint density at radius 2 is 1.16 bits per heavy atom. The smallest absolute Gasteiger partial charge is 0.306 e. The van der Waals surface area contributed by atoms with Gasteiger partial charge in [-0.1, -0.05) is 36.4 Å². The van der Waals surface area contributed by atoms with E-state index in [1.807, 2.05) is 65.8 Å². The monoisotopic (exact) mass is 710 g/mol. The second-order valence-electron chi connectivity index (χ2n) is 14.2. The van der Waals surface area contributed by atoms with Gasteiger partial charge in [0, 0.05) is 13.0 Å². The number of aliphatic hydroxyl groups excluding tert-OH is 1. The maximum absolute atomic E-state index is 12.2. The Morgan fingerprint density at radius 3 is 1.57 bits per heavy atom. The van der Waals surface area contributed by atoms with Crippen LogP contribution in [0.3, 0.4) is 0 Å². The lowest BCUT2D eigenvalue weighted by atomic mass is 9.98. The van der Waals surface area contributed by atoms with E-state index < -0.39 is 17.5 Å². The molecule has 0 bridgehead atoms. The fourth-order valence-electron chi connectivity index (χ4n) is 7.29. The van der Waals surface area contributed by atoms with E-state index in [1.165, 1.54) is 0 Å². The van der Waals surface area contributed by atoms with E-state index in [-0.39, 0.29) is 66.7 Å². The first-order chi connectivity index (χ1) is 24.1. The number of benzene rings is 2. The summed E-state index contributed by atoms with van der Waals surface area (Å²) >= 11 is 0. The highest BCUT2D eigenvalue weighted by atomic mass is 16.8. The number of carbonyl (C=O) groups excluding carboxylic acids is 1. The predicted octanol–water partition coefficient (Wildman–Crippen LogP) is 6.23. The Labute approximate surface area is 300 Å². The van der Waals surface area contributed by atoms with Crippen LogP contribution in [-0.4, -0.2) is 81.6 Å². The molecule has 280 valence electrons. The van der Waals surface area contributed by atoms with Crippen LogP contribution in [0.4, 0.5) is 0 Å². The summed E-state index contributed by atoms with van der Waals surface area (Å²) in [5, 5.41) is 35.5. The molecule has 0 spiro atoms. The van der Waals surface area contributed by atoms with Crippen LogP contribution in [0.15, 0.2) is 71.8 Å². The molecular weight excluding hydrogens is 656 g/mol. The highest BCUT2D eigenvalue weighted by Gasteiger charge is 2.51. The van der Waals surface area contributed by atoms with E-state index in [4.69, 9.17) is 39.0 Å². The van der Waals surface area contributed by atoms with Crippen LogP contribution in [0.25, 0.3) is 0 Å². The van der Waals surface area contributed by atoms with Crippen LogP contribution in [0, 0.1) is 11.8 Å². The molecule has 2 aliphatic carbocycles. The lowest BCUT2D eigenvalue weighted by Crippen LogP contribution is -2.24. The summed E-state index contributed by atoms with van der Waals surface area (Å²) in [5.41, 5.74) is 4.29. The molecule has 51 heavy (non-hydrogen) atoms. The molecule has 11 heteroatoms. The fourth-order valence-corrected chi connectivity index (χ4v) is 7.29. The van der Waals surface area contributed by atoms with E-state index in [9.17, 15) is 14.7 Å². The number of allylic oxidation sites excluding steroid dienone is 2. The first-order valence-electron chi connectivity index (χ1n) is 17.7. The van der Waals surface area contributed by atoms with Gasteiger partial charge in [-0.3, -0.25) is 9.59 Å². The first kappa shape index (κ1) is 40.0. The van der Waals surface area contributed by atoms with Crippen LogP contribution in [0.2, 0.25) is 0 Å². The zero-order valence-corrected chi connectivity index (χ0v) is 30.5. The minimum absolute atomic E-state index is 0.0190. The van der Waals surface area contributed by atoms with E-state index in [0.717, 1.165) is 35.1 Å². The van der Waals surface area contributed by atoms with Crippen molar-refractivity contribution >= 4 is 11.9 Å².